The van der Waals surface area contributed by atoms with E-state index < -0.39 is 11.5 Å². The lowest BCUT2D eigenvalue weighted by Crippen LogP contribution is -2.06. The van der Waals surface area contributed by atoms with E-state index in [2.05, 4.69) is 0 Å². The molecule has 0 aromatic carbocycles. The summed E-state index contributed by atoms with van der Waals surface area (Å²) >= 11 is 0. The Bertz CT molecular complexity index is 336. The van der Waals surface area contributed by atoms with Crippen molar-refractivity contribution in [1.29, 1.82) is 5.26 Å². The molecule has 0 amide bonds. The lowest BCUT2D eigenvalue weighted by Gasteiger charge is -1.87. The van der Waals surface area contributed by atoms with Gasteiger partial charge in [-0.1, -0.05) is 0 Å². The number of hydrogen-bond acceptors (Lipinski definition) is 2. The molecule has 0 saturated carbocycles. The third-order valence-electron chi connectivity index (χ3n) is 0.991. The third kappa shape index (κ3) is 1.03. The van der Waals surface area contributed by atoms with Gasteiger partial charge < -0.3 is 0 Å². The van der Waals surface area contributed by atoms with Crippen molar-refractivity contribution in [1.82, 2.24) is 4.98 Å². The van der Waals surface area contributed by atoms with Crippen LogP contribution in [0.15, 0.2) is 16.9 Å². The van der Waals surface area contributed by atoms with Crippen LogP contribution in [0.3, 0.4) is 0 Å². The summed E-state index contributed by atoms with van der Waals surface area (Å²) in [5, 5.41) is 8.20. The van der Waals surface area contributed by atoms with Crippen molar-refractivity contribution in [2.75, 3.05) is 0 Å². The second-order valence-corrected chi connectivity index (χ2v) is 1.66. The Morgan fingerprint density at radius 1 is 1.60 bits per heavy atom. The zero-order valence-electron chi connectivity index (χ0n) is 4.89. The molecule has 1 heterocycles. The lowest BCUT2D eigenvalue weighted by molar-refractivity contribution is 0.575. The van der Waals surface area contributed by atoms with Gasteiger partial charge in [-0.05, 0) is 6.07 Å². The average molecular weight is 138 g/mol. The Kier molecular flexibility index (Phi) is 1.50. The number of nitrogens with zero attached hydrogens (tertiary/aromatic N) is 1. The molecular formula is C6H3FN2O. The quantitative estimate of drug-likeness (QED) is 0.527. The maximum Gasteiger partial charge on any atom is 0.250 e. The first-order chi connectivity index (χ1) is 4.74. The predicted molar refractivity (Wildman–Crippen MR) is 31.7 cm³/mol. The fourth-order valence-electron chi connectivity index (χ4n) is 0.536. The van der Waals surface area contributed by atoms with Gasteiger partial charge in [-0.25, -0.2) is 0 Å². The molecule has 0 aliphatic carbocycles. The van der Waals surface area contributed by atoms with E-state index in [-0.39, 0.29) is 5.56 Å². The minimum atomic E-state index is -0.880. The number of halogens is 1. The van der Waals surface area contributed by atoms with E-state index in [0.29, 0.717) is 0 Å². The smallest absolute Gasteiger partial charge is 0.250 e. The minimum Gasteiger partial charge on any atom is -0.298 e. The molecule has 1 aromatic rings. The van der Waals surface area contributed by atoms with E-state index in [1.807, 2.05) is 4.98 Å². The van der Waals surface area contributed by atoms with Gasteiger partial charge in [0.2, 0.25) is 11.5 Å². The van der Waals surface area contributed by atoms with Gasteiger partial charge in [0, 0.05) is 6.07 Å². The molecule has 0 spiro atoms. The van der Waals surface area contributed by atoms with Crippen molar-refractivity contribution < 1.29 is 4.39 Å². The molecule has 0 fully saturated rings. The molecule has 10 heavy (non-hydrogen) atoms. The van der Waals surface area contributed by atoms with Gasteiger partial charge in [0.05, 0.1) is 0 Å². The van der Waals surface area contributed by atoms with Crippen molar-refractivity contribution in [2.45, 2.75) is 0 Å². The topological polar surface area (TPSA) is 56.6 Å². The molecular weight excluding hydrogens is 135 g/mol. The molecule has 1 aromatic heterocycles. The second-order valence-electron chi connectivity index (χ2n) is 1.66. The van der Waals surface area contributed by atoms with Crippen LogP contribution in [0.2, 0.25) is 0 Å². The van der Waals surface area contributed by atoms with E-state index in [1.165, 1.54) is 0 Å². The van der Waals surface area contributed by atoms with Crippen molar-refractivity contribution in [3.05, 3.63) is 34.0 Å². The Labute approximate surface area is 55.7 Å². The largest absolute Gasteiger partial charge is 0.298 e. The van der Waals surface area contributed by atoms with Gasteiger partial charge in [-0.15, -0.1) is 0 Å². The average Bonchev–Trinajstić information content (AvgIpc) is 1.88. The Balaban J connectivity index is 3.37. The molecule has 4 heteroatoms. The second kappa shape index (κ2) is 2.31. The summed E-state index contributed by atoms with van der Waals surface area (Å²) in [6, 6.07) is 3.81. The Hall–Kier alpha value is -1.63. The third-order valence-corrected chi connectivity index (χ3v) is 0.991. The summed E-state index contributed by atoms with van der Waals surface area (Å²) in [4.78, 5) is 12.2. The molecule has 0 atom stereocenters. The number of H-pyrrole nitrogens is 1. The number of nitrogens with one attached hydrogen (secondary N) is 1. The molecule has 0 bridgehead atoms. The fraction of sp³-hybridized carbons (Fsp3) is 0. The normalized spacial score (nSPS) is 8.80. The number of nitriles is 1. The van der Waals surface area contributed by atoms with E-state index >= 15 is 0 Å². The summed E-state index contributed by atoms with van der Waals surface area (Å²) in [7, 11) is 0. The molecule has 0 saturated heterocycles. The van der Waals surface area contributed by atoms with Gasteiger partial charge in [-0.2, -0.15) is 9.65 Å². The molecule has 1 N–H and O–H groups in total. The number of aromatic nitrogens is 1. The van der Waals surface area contributed by atoms with Crippen molar-refractivity contribution in [3.63, 3.8) is 0 Å². The molecule has 0 unspecified atom stereocenters. The van der Waals surface area contributed by atoms with E-state index in [1.54, 1.807) is 6.07 Å². The number of rotatable bonds is 0. The highest BCUT2D eigenvalue weighted by atomic mass is 19.1. The molecule has 50 valence electrons. The van der Waals surface area contributed by atoms with Crippen LogP contribution in [-0.2, 0) is 0 Å². The lowest BCUT2D eigenvalue weighted by atomic mass is 10.3. The van der Waals surface area contributed by atoms with Crippen LogP contribution in [0.25, 0.3) is 0 Å². The molecule has 1 rings (SSSR count). The first-order valence-corrected chi connectivity index (χ1v) is 2.53. The van der Waals surface area contributed by atoms with Gasteiger partial charge in [0.25, 0.3) is 0 Å². The Morgan fingerprint density at radius 2 is 2.30 bits per heavy atom. The van der Waals surface area contributed by atoms with Crippen LogP contribution in [0.5, 0.6) is 0 Å². The monoisotopic (exact) mass is 138 g/mol. The number of pyridine rings is 1. The van der Waals surface area contributed by atoms with Crippen molar-refractivity contribution in [2.24, 2.45) is 0 Å². The van der Waals surface area contributed by atoms with Crippen LogP contribution < -0.4 is 5.56 Å². The zero-order chi connectivity index (χ0) is 7.56. The summed E-state index contributed by atoms with van der Waals surface area (Å²) < 4.78 is 12.4. The highest BCUT2D eigenvalue weighted by molar-refractivity contribution is 5.25. The first kappa shape index (κ1) is 6.49. The van der Waals surface area contributed by atoms with E-state index in [4.69, 9.17) is 5.26 Å². The SMILES string of the molecule is N#Cc1ccc(=O)[nH]c1F. The molecule has 0 aliphatic rings. The van der Waals surface area contributed by atoms with E-state index in [0.717, 1.165) is 12.1 Å². The predicted octanol–water partition coefficient (Wildman–Crippen LogP) is 0.386. The minimum absolute atomic E-state index is 0.153. The summed E-state index contributed by atoms with van der Waals surface area (Å²) in [6.07, 6.45) is 0. The maximum absolute atomic E-state index is 12.4. The molecule has 0 aliphatic heterocycles. The standard InChI is InChI=1S/C6H3FN2O/c7-6-4(3-8)1-2-5(10)9-6/h1-2H,(H,9,10). The van der Waals surface area contributed by atoms with Crippen LogP contribution in [-0.4, -0.2) is 4.98 Å². The van der Waals surface area contributed by atoms with Crippen molar-refractivity contribution in [3.8, 4) is 6.07 Å². The van der Waals surface area contributed by atoms with Crippen LogP contribution in [0.4, 0.5) is 4.39 Å². The highest BCUT2D eigenvalue weighted by Gasteiger charge is 1.98. The van der Waals surface area contributed by atoms with Crippen LogP contribution >= 0.6 is 0 Å². The summed E-state index contributed by atoms with van der Waals surface area (Å²) in [5.74, 6) is -0.880. The fourth-order valence-corrected chi connectivity index (χ4v) is 0.536. The first-order valence-electron chi connectivity index (χ1n) is 2.53. The van der Waals surface area contributed by atoms with Gasteiger partial charge >= 0.3 is 0 Å². The number of hydrogen-bond donors (Lipinski definition) is 1. The zero-order valence-corrected chi connectivity index (χ0v) is 4.89. The summed E-state index contributed by atoms with van der Waals surface area (Å²) in [5.41, 5.74) is -0.698. The maximum atomic E-state index is 12.4. The van der Waals surface area contributed by atoms with E-state index in [9.17, 15) is 9.18 Å². The van der Waals surface area contributed by atoms with Crippen LogP contribution in [0.1, 0.15) is 5.56 Å². The Morgan fingerprint density at radius 3 is 2.80 bits per heavy atom. The van der Waals surface area contributed by atoms with Gasteiger partial charge in [0.15, 0.2) is 0 Å². The van der Waals surface area contributed by atoms with Crippen molar-refractivity contribution >= 4 is 0 Å². The molecule has 0 radical (unpaired) electrons. The van der Waals surface area contributed by atoms with Gasteiger partial charge in [-0.3, -0.25) is 9.78 Å². The number of aromatic amines is 1. The highest BCUT2D eigenvalue weighted by Crippen LogP contribution is 1.96. The molecule has 3 nitrogen and oxygen atoms in total. The van der Waals surface area contributed by atoms with Gasteiger partial charge in [0.1, 0.15) is 11.6 Å². The van der Waals surface area contributed by atoms with Crippen LogP contribution in [0, 0.1) is 17.3 Å². The summed E-state index contributed by atoms with van der Waals surface area (Å²) in [6.45, 7) is 0.